The molecule has 6 rings (SSSR count). The first-order valence-electron chi connectivity index (χ1n) is 11.7. The first-order chi connectivity index (χ1) is 16.0. The normalized spacial score (nSPS) is 18.0. The molecule has 7 nitrogen and oxygen atoms in total. The van der Waals surface area contributed by atoms with Crippen molar-refractivity contribution in [2.24, 2.45) is 0 Å². The molecule has 33 heavy (non-hydrogen) atoms. The summed E-state index contributed by atoms with van der Waals surface area (Å²) in [6.45, 7) is 2.59. The highest BCUT2D eigenvalue weighted by Crippen LogP contribution is 2.57. The van der Waals surface area contributed by atoms with E-state index in [1.807, 2.05) is 55.8 Å². The number of carbonyl (C=O) groups is 1. The average molecular weight is 441 g/mol. The van der Waals surface area contributed by atoms with Gasteiger partial charge in [-0.25, -0.2) is 9.97 Å². The third-order valence-electron chi connectivity index (χ3n) is 7.25. The number of likely N-dealkylation sites (tertiary alicyclic amines) is 1. The maximum atomic E-state index is 13.0. The molecule has 1 aliphatic carbocycles. The molecule has 2 aromatic heterocycles. The SMILES string of the molecule is CN(C)c1ccnc(-c2cnc(N3CC4(CC4)c4ccc(C(=O)N5CCCC5)cc43)nc2)c1. The number of aromatic nitrogens is 3. The van der Waals surface area contributed by atoms with E-state index in [9.17, 15) is 4.79 Å². The van der Waals surface area contributed by atoms with Crippen LogP contribution in [-0.4, -0.2) is 59.5 Å². The van der Waals surface area contributed by atoms with Crippen molar-refractivity contribution in [2.45, 2.75) is 31.1 Å². The maximum absolute atomic E-state index is 13.0. The van der Waals surface area contributed by atoms with Gasteiger partial charge < -0.3 is 14.7 Å². The predicted molar refractivity (Wildman–Crippen MR) is 129 cm³/mol. The second-order valence-electron chi connectivity index (χ2n) is 9.66. The van der Waals surface area contributed by atoms with E-state index in [1.54, 1.807) is 0 Å². The molecule has 1 saturated carbocycles. The molecule has 3 aromatic rings. The number of amides is 1. The van der Waals surface area contributed by atoms with E-state index in [0.717, 1.165) is 60.7 Å². The Labute approximate surface area is 194 Å². The smallest absolute Gasteiger partial charge is 0.253 e. The monoisotopic (exact) mass is 440 g/mol. The van der Waals surface area contributed by atoms with Gasteiger partial charge in [-0.1, -0.05) is 6.07 Å². The lowest BCUT2D eigenvalue weighted by Crippen LogP contribution is -2.27. The highest BCUT2D eigenvalue weighted by atomic mass is 16.2. The van der Waals surface area contributed by atoms with E-state index < -0.39 is 0 Å². The van der Waals surface area contributed by atoms with Crippen molar-refractivity contribution in [3.63, 3.8) is 0 Å². The molecular weight excluding hydrogens is 412 g/mol. The number of nitrogens with zero attached hydrogens (tertiary/aromatic N) is 6. The molecule has 3 aliphatic rings. The van der Waals surface area contributed by atoms with E-state index in [-0.39, 0.29) is 11.3 Å². The maximum Gasteiger partial charge on any atom is 0.253 e. The van der Waals surface area contributed by atoms with Gasteiger partial charge >= 0.3 is 0 Å². The zero-order valence-electron chi connectivity index (χ0n) is 19.2. The van der Waals surface area contributed by atoms with Gasteiger partial charge in [0.25, 0.3) is 5.91 Å². The van der Waals surface area contributed by atoms with Crippen molar-refractivity contribution in [3.05, 3.63) is 60.0 Å². The molecule has 2 aliphatic heterocycles. The van der Waals surface area contributed by atoms with Gasteiger partial charge in [0.15, 0.2) is 0 Å². The summed E-state index contributed by atoms with van der Waals surface area (Å²) in [5.41, 5.74) is 6.19. The molecule has 0 N–H and O–H groups in total. The Kier molecular flexibility index (Phi) is 4.60. The zero-order valence-corrected chi connectivity index (χ0v) is 19.2. The summed E-state index contributed by atoms with van der Waals surface area (Å²) in [7, 11) is 4.03. The van der Waals surface area contributed by atoms with Crippen LogP contribution in [0.3, 0.4) is 0 Å². The van der Waals surface area contributed by atoms with Crippen molar-refractivity contribution in [1.29, 1.82) is 0 Å². The van der Waals surface area contributed by atoms with E-state index in [4.69, 9.17) is 9.97 Å². The zero-order chi connectivity index (χ0) is 22.6. The largest absolute Gasteiger partial charge is 0.378 e. The van der Waals surface area contributed by atoms with Gasteiger partial charge in [0.1, 0.15) is 0 Å². The van der Waals surface area contributed by atoms with E-state index in [0.29, 0.717) is 5.95 Å². The van der Waals surface area contributed by atoms with Crippen LogP contribution in [-0.2, 0) is 5.41 Å². The summed E-state index contributed by atoms with van der Waals surface area (Å²) in [5, 5.41) is 0. The van der Waals surface area contributed by atoms with Gasteiger partial charge in [-0.3, -0.25) is 9.78 Å². The quantitative estimate of drug-likeness (QED) is 0.611. The van der Waals surface area contributed by atoms with E-state index in [1.165, 1.54) is 18.4 Å². The third-order valence-corrected chi connectivity index (χ3v) is 7.25. The van der Waals surface area contributed by atoms with Crippen LogP contribution in [0, 0.1) is 0 Å². The van der Waals surface area contributed by atoms with Crippen LogP contribution in [0.1, 0.15) is 41.6 Å². The Morgan fingerprint density at radius 3 is 2.45 bits per heavy atom. The highest BCUT2D eigenvalue weighted by Gasteiger charge is 2.52. The molecule has 1 spiro atoms. The standard InChI is InChI=1S/C26H28N6O/c1-30(2)20-7-10-27-22(14-20)19-15-28-25(29-16-19)32-17-26(8-9-26)21-6-5-18(13-23(21)32)24(33)31-11-3-4-12-31/h5-7,10,13-16H,3-4,8-9,11-12,17H2,1-2H3. The number of hydrogen-bond donors (Lipinski definition) is 0. The molecule has 4 heterocycles. The minimum Gasteiger partial charge on any atom is -0.378 e. The van der Waals surface area contributed by atoms with Crippen molar-refractivity contribution in [3.8, 4) is 11.3 Å². The van der Waals surface area contributed by atoms with Gasteiger partial charge in [-0.05, 0) is 55.5 Å². The topological polar surface area (TPSA) is 65.5 Å². The summed E-state index contributed by atoms with van der Waals surface area (Å²) in [5.74, 6) is 0.813. The lowest BCUT2D eigenvalue weighted by Gasteiger charge is -2.19. The molecule has 1 aromatic carbocycles. The lowest BCUT2D eigenvalue weighted by molar-refractivity contribution is 0.0793. The molecular formula is C26H28N6O. The number of hydrogen-bond acceptors (Lipinski definition) is 6. The third kappa shape index (κ3) is 3.43. The van der Waals surface area contributed by atoms with Crippen LogP contribution < -0.4 is 9.80 Å². The fourth-order valence-electron chi connectivity index (χ4n) is 5.12. The second-order valence-corrected chi connectivity index (χ2v) is 9.66. The van der Waals surface area contributed by atoms with Crippen LogP contribution in [0.4, 0.5) is 17.3 Å². The van der Waals surface area contributed by atoms with Crippen LogP contribution in [0.25, 0.3) is 11.3 Å². The fourth-order valence-corrected chi connectivity index (χ4v) is 5.12. The minimum atomic E-state index is 0.134. The van der Waals surface area contributed by atoms with Gasteiger partial charge in [0.2, 0.25) is 5.95 Å². The number of anilines is 3. The highest BCUT2D eigenvalue weighted by molar-refractivity contribution is 5.96. The van der Waals surface area contributed by atoms with Crippen LogP contribution in [0.2, 0.25) is 0 Å². The van der Waals surface area contributed by atoms with Crippen LogP contribution in [0.15, 0.2) is 48.9 Å². The summed E-state index contributed by atoms with van der Waals surface area (Å²) in [4.78, 5) is 33.2. The minimum absolute atomic E-state index is 0.134. The lowest BCUT2D eigenvalue weighted by atomic mass is 9.97. The summed E-state index contributed by atoms with van der Waals surface area (Å²) >= 11 is 0. The average Bonchev–Trinajstić information content (AvgIpc) is 3.27. The van der Waals surface area contributed by atoms with E-state index >= 15 is 0 Å². The number of fused-ring (bicyclic) bond motifs is 2. The molecule has 0 bridgehead atoms. The first kappa shape index (κ1) is 20.1. The molecule has 0 atom stereocenters. The van der Waals surface area contributed by atoms with Gasteiger partial charge in [-0.15, -0.1) is 0 Å². The summed E-state index contributed by atoms with van der Waals surface area (Å²) < 4.78 is 0. The molecule has 7 heteroatoms. The second kappa shape index (κ2) is 7.54. The number of rotatable bonds is 4. The van der Waals surface area contributed by atoms with Crippen LogP contribution >= 0.6 is 0 Å². The Morgan fingerprint density at radius 2 is 1.76 bits per heavy atom. The Bertz CT molecular complexity index is 1210. The van der Waals surface area contributed by atoms with Gasteiger partial charge in [-0.2, -0.15) is 0 Å². The Morgan fingerprint density at radius 1 is 1.00 bits per heavy atom. The Balaban J connectivity index is 1.32. The molecule has 1 saturated heterocycles. The van der Waals surface area contributed by atoms with Gasteiger partial charge in [0.05, 0.1) is 5.69 Å². The first-order valence-corrected chi connectivity index (χ1v) is 11.7. The molecule has 1 amide bonds. The molecule has 168 valence electrons. The fraction of sp³-hybridized carbons (Fsp3) is 0.385. The molecule has 0 radical (unpaired) electrons. The van der Waals surface area contributed by atoms with Crippen molar-refractivity contribution < 1.29 is 4.79 Å². The van der Waals surface area contributed by atoms with Gasteiger partial charge in [0, 0.05) is 80.2 Å². The number of benzene rings is 1. The summed E-state index contributed by atoms with van der Waals surface area (Å²) in [6.07, 6.45) is 10.0. The Hall–Kier alpha value is -3.48. The van der Waals surface area contributed by atoms with Crippen molar-refractivity contribution in [2.75, 3.05) is 43.5 Å². The molecule has 0 unspecified atom stereocenters. The predicted octanol–water partition coefficient (Wildman–Crippen LogP) is 4.02. The summed E-state index contributed by atoms with van der Waals surface area (Å²) in [6, 6.07) is 10.3. The van der Waals surface area contributed by atoms with Crippen molar-refractivity contribution in [1.82, 2.24) is 19.9 Å². The molecule has 2 fully saturated rings. The van der Waals surface area contributed by atoms with E-state index in [2.05, 4.69) is 26.9 Å². The number of pyridine rings is 1. The van der Waals surface area contributed by atoms with Crippen LogP contribution in [0.5, 0.6) is 0 Å². The van der Waals surface area contributed by atoms with Crippen molar-refractivity contribution >= 4 is 23.2 Å². The number of carbonyl (C=O) groups excluding carboxylic acids is 1.